The van der Waals surface area contributed by atoms with Crippen molar-refractivity contribution in [2.24, 2.45) is 5.92 Å². The van der Waals surface area contributed by atoms with E-state index in [1.807, 2.05) is 49.1 Å². The highest BCUT2D eigenvalue weighted by molar-refractivity contribution is 5.86. The van der Waals surface area contributed by atoms with Crippen LogP contribution in [-0.2, 0) is 25.7 Å². The first kappa shape index (κ1) is 24.0. The van der Waals surface area contributed by atoms with Gasteiger partial charge in [0.05, 0.1) is 19.8 Å². The monoisotopic (exact) mass is 446 g/mol. The van der Waals surface area contributed by atoms with Crippen LogP contribution in [0.5, 0.6) is 0 Å². The van der Waals surface area contributed by atoms with Crippen molar-refractivity contribution in [1.82, 2.24) is 20.0 Å². The number of amides is 3. The molecule has 0 bridgehead atoms. The van der Waals surface area contributed by atoms with Crippen molar-refractivity contribution in [3.05, 3.63) is 35.9 Å². The van der Waals surface area contributed by atoms with Crippen molar-refractivity contribution in [3.8, 4) is 0 Å². The number of rotatable bonds is 7. The lowest BCUT2D eigenvalue weighted by molar-refractivity contribution is -0.142. The molecule has 0 saturated carbocycles. The van der Waals surface area contributed by atoms with Crippen LogP contribution in [0.15, 0.2) is 30.3 Å². The van der Waals surface area contributed by atoms with Gasteiger partial charge in [-0.15, -0.1) is 0 Å². The summed E-state index contributed by atoms with van der Waals surface area (Å²) in [6, 6.07) is 8.72. The van der Waals surface area contributed by atoms with Crippen LogP contribution in [0, 0.1) is 5.92 Å². The number of nitrogens with zero attached hydrogens (tertiary/aromatic N) is 3. The molecule has 1 atom stereocenters. The Kier molecular flexibility index (Phi) is 8.87. The molecular formula is C23H34N4O5. The van der Waals surface area contributed by atoms with Crippen LogP contribution in [-0.4, -0.2) is 97.7 Å². The van der Waals surface area contributed by atoms with Crippen molar-refractivity contribution in [1.29, 1.82) is 0 Å². The second-order valence-electron chi connectivity index (χ2n) is 8.52. The van der Waals surface area contributed by atoms with E-state index in [-0.39, 0.29) is 24.3 Å². The summed E-state index contributed by atoms with van der Waals surface area (Å²) in [6.45, 7) is 9.09. The summed E-state index contributed by atoms with van der Waals surface area (Å²) in [6.07, 6.45) is -0.611. The fourth-order valence-corrected chi connectivity index (χ4v) is 3.83. The minimum atomic E-state index is -0.672. The molecule has 9 heteroatoms. The van der Waals surface area contributed by atoms with E-state index in [0.29, 0.717) is 45.9 Å². The van der Waals surface area contributed by atoms with Crippen LogP contribution in [0.2, 0.25) is 0 Å². The largest absolute Gasteiger partial charge is 0.445 e. The van der Waals surface area contributed by atoms with E-state index in [9.17, 15) is 14.4 Å². The molecule has 3 rings (SSSR count). The van der Waals surface area contributed by atoms with Gasteiger partial charge in [0.2, 0.25) is 11.8 Å². The summed E-state index contributed by atoms with van der Waals surface area (Å²) in [5.74, 6) is -0.147. The third-order valence-corrected chi connectivity index (χ3v) is 5.83. The number of alkyl carbamates (subject to hydrolysis) is 1. The van der Waals surface area contributed by atoms with Crippen LogP contribution >= 0.6 is 0 Å². The molecule has 0 spiro atoms. The Labute approximate surface area is 189 Å². The Hall–Kier alpha value is -2.65. The number of ether oxygens (including phenoxy) is 2. The predicted octanol–water partition coefficient (Wildman–Crippen LogP) is 0.940. The summed E-state index contributed by atoms with van der Waals surface area (Å²) in [7, 11) is 0. The molecule has 1 aromatic rings. The number of piperazine rings is 1. The average molecular weight is 447 g/mol. The second-order valence-corrected chi connectivity index (χ2v) is 8.52. The van der Waals surface area contributed by atoms with E-state index in [2.05, 4.69) is 10.2 Å². The topological polar surface area (TPSA) is 91.4 Å². The van der Waals surface area contributed by atoms with Crippen molar-refractivity contribution in [2.75, 3.05) is 59.0 Å². The van der Waals surface area contributed by atoms with Gasteiger partial charge in [-0.2, -0.15) is 0 Å². The predicted molar refractivity (Wildman–Crippen MR) is 119 cm³/mol. The zero-order valence-corrected chi connectivity index (χ0v) is 19.0. The maximum absolute atomic E-state index is 13.1. The molecule has 3 amide bonds. The molecule has 9 nitrogen and oxygen atoms in total. The van der Waals surface area contributed by atoms with Gasteiger partial charge in [-0.1, -0.05) is 44.2 Å². The van der Waals surface area contributed by atoms with Crippen molar-refractivity contribution in [3.63, 3.8) is 0 Å². The van der Waals surface area contributed by atoms with E-state index in [1.54, 1.807) is 4.90 Å². The first-order valence-electron chi connectivity index (χ1n) is 11.3. The van der Waals surface area contributed by atoms with Gasteiger partial charge in [-0.05, 0) is 11.5 Å². The quantitative estimate of drug-likeness (QED) is 0.670. The smallest absolute Gasteiger partial charge is 0.408 e. The molecule has 0 unspecified atom stereocenters. The number of morpholine rings is 1. The molecule has 1 N–H and O–H groups in total. The number of carbonyl (C=O) groups is 3. The van der Waals surface area contributed by atoms with Crippen LogP contribution in [0.25, 0.3) is 0 Å². The molecule has 1 aromatic carbocycles. The molecule has 176 valence electrons. The standard InChI is InChI=1S/C23H34N4O5/c1-18(2)21(24-23(30)32-17-19-6-4-3-5-7-19)22(29)27-10-8-26(9-11-27)20(28)16-25-12-14-31-15-13-25/h3-7,18,21H,8-17H2,1-2H3,(H,24,30)/t21-/m0/s1. The van der Waals surface area contributed by atoms with Crippen LogP contribution in [0.3, 0.4) is 0 Å². The highest BCUT2D eigenvalue weighted by Gasteiger charge is 2.32. The van der Waals surface area contributed by atoms with Gasteiger partial charge in [0.15, 0.2) is 0 Å². The Morgan fingerprint density at radius 3 is 2.22 bits per heavy atom. The molecule has 2 heterocycles. The normalized spacial score (nSPS) is 18.3. The molecular weight excluding hydrogens is 412 g/mol. The summed E-state index contributed by atoms with van der Waals surface area (Å²) in [4.78, 5) is 43.6. The molecule has 2 aliphatic rings. The molecule has 2 fully saturated rings. The zero-order valence-electron chi connectivity index (χ0n) is 19.0. The molecule has 0 radical (unpaired) electrons. The number of hydrogen-bond donors (Lipinski definition) is 1. The minimum absolute atomic E-state index is 0.0852. The van der Waals surface area contributed by atoms with Gasteiger partial charge in [-0.3, -0.25) is 14.5 Å². The van der Waals surface area contributed by atoms with Crippen molar-refractivity contribution in [2.45, 2.75) is 26.5 Å². The van der Waals surface area contributed by atoms with Crippen molar-refractivity contribution < 1.29 is 23.9 Å². The van der Waals surface area contributed by atoms with Gasteiger partial charge in [0.1, 0.15) is 12.6 Å². The third-order valence-electron chi connectivity index (χ3n) is 5.83. The third kappa shape index (κ3) is 6.93. The highest BCUT2D eigenvalue weighted by atomic mass is 16.5. The van der Waals surface area contributed by atoms with Crippen LogP contribution < -0.4 is 5.32 Å². The zero-order chi connectivity index (χ0) is 22.9. The van der Waals surface area contributed by atoms with Crippen LogP contribution in [0.4, 0.5) is 4.79 Å². The maximum Gasteiger partial charge on any atom is 0.408 e. The number of benzene rings is 1. The molecule has 0 aromatic heterocycles. The molecule has 2 aliphatic heterocycles. The average Bonchev–Trinajstić information content (AvgIpc) is 2.82. The van der Waals surface area contributed by atoms with Gasteiger partial charge in [0.25, 0.3) is 0 Å². The number of nitrogens with one attached hydrogen (secondary N) is 1. The Balaban J connectivity index is 1.45. The first-order valence-corrected chi connectivity index (χ1v) is 11.3. The molecule has 0 aliphatic carbocycles. The van der Waals surface area contributed by atoms with Gasteiger partial charge >= 0.3 is 6.09 Å². The summed E-state index contributed by atoms with van der Waals surface area (Å²) in [5, 5.41) is 2.72. The number of hydrogen-bond acceptors (Lipinski definition) is 6. The Morgan fingerprint density at radius 1 is 0.969 bits per heavy atom. The fourth-order valence-electron chi connectivity index (χ4n) is 3.83. The minimum Gasteiger partial charge on any atom is -0.445 e. The Morgan fingerprint density at radius 2 is 1.59 bits per heavy atom. The lowest BCUT2D eigenvalue weighted by Crippen LogP contribution is -2.58. The molecule has 32 heavy (non-hydrogen) atoms. The fraction of sp³-hybridized carbons (Fsp3) is 0.609. The van der Waals surface area contributed by atoms with E-state index in [4.69, 9.17) is 9.47 Å². The number of carbonyl (C=O) groups excluding carboxylic acids is 3. The van der Waals surface area contributed by atoms with Crippen molar-refractivity contribution >= 4 is 17.9 Å². The summed E-state index contributed by atoms with van der Waals surface area (Å²) < 4.78 is 10.6. The SMILES string of the molecule is CC(C)[C@H](NC(=O)OCc1ccccc1)C(=O)N1CCN(C(=O)CN2CCOCC2)CC1. The lowest BCUT2D eigenvalue weighted by Gasteiger charge is -2.38. The maximum atomic E-state index is 13.1. The summed E-state index contributed by atoms with van der Waals surface area (Å²) >= 11 is 0. The van der Waals surface area contributed by atoms with E-state index >= 15 is 0 Å². The van der Waals surface area contributed by atoms with E-state index in [1.165, 1.54) is 0 Å². The van der Waals surface area contributed by atoms with Crippen LogP contribution in [0.1, 0.15) is 19.4 Å². The lowest BCUT2D eigenvalue weighted by atomic mass is 10.0. The Bertz CT molecular complexity index is 759. The molecule has 2 saturated heterocycles. The highest BCUT2D eigenvalue weighted by Crippen LogP contribution is 2.11. The van der Waals surface area contributed by atoms with Gasteiger partial charge < -0.3 is 24.6 Å². The van der Waals surface area contributed by atoms with Gasteiger partial charge in [-0.25, -0.2) is 4.79 Å². The second kappa shape index (κ2) is 11.8. The van der Waals surface area contributed by atoms with E-state index in [0.717, 1.165) is 18.7 Å². The first-order chi connectivity index (χ1) is 15.4. The van der Waals surface area contributed by atoms with E-state index < -0.39 is 12.1 Å². The summed E-state index contributed by atoms with van der Waals surface area (Å²) in [5.41, 5.74) is 0.882. The van der Waals surface area contributed by atoms with Gasteiger partial charge in [0, 0.05) is 39.3 Å².